The van der Waals surface area contributed by atoms with Crippen molar-refractivity contribution in [1.82, 2.24) is 9.97 Å². The topological polar surface area (TPSA) is 76.1 Å². The molecule has 144 valence electrons. The molecule has 0 aliphatic rings. The Kier molecular flexibility index (Phi) is 5.78. The number of hydrogen-bond donors (Lipinski definition) is 2. The first-order valence-corrected chi connectivity index (χ1v) is 8.44. The Morgan fingerprint density at radius 3 is 2.64 bits per heavy atom. The molecule has 3 rings (SSSR count). The molecule has 1 amide bonds. The zero-order chi connectivity index (χ0) is 20.1. The Balaban J connectivity index is 1.76. The summed E-state index contributed by atoms with van der Waals surface area (Å²) in [4.78, 5) is 20.9. The first kappa shape index (κ1) is 19.2. The van der Waals surface area contributed by atoms with Crippen LogP contribution in [0.1, 0.15) is 21.7 Å². The van der Waals surface area contributed by atoms with Gasteiger partial charge in [-0.3, -0.25) is 4.79 Å². The van der Waals surface area contributed by atoms with Crippen molar-refractivity contribution in [3.05, 3.63) is 77.1 Å². The van der Waals surface area contributed by atoms with Gasteiger partial charge in [0, 0.05) is 23.9 Å². The minimum atomic E-state index is -0.867. The van der Waals surface area contributed by atoms with E-state index in [0.717, 1.165) is 17.7 Å². The van der Waals surface area contributed by atoms with Crippen LogP contribution < -0.4 is 15.4 Å². The lowest BCUT2D eigenvalue weighted by Crippen LogP contribution is -2.17. The number of methoxy groups -OCH3 is 1. The maximum Gasteiger partial charge on any atom is 0.274 e. The average Bonchev–Trinajstić information content (AvgIpc) is 2.68. The standard InChI is InChI=1S/C20H18F2N4O2/c1-12-9-17(19(27)25-16-8-7-14(21)10-15(16)22)26-20(24-12)23-11-13-5-3-4-6-18(13)28-2/h3-10H,11H2,1-2H3,(H,25,27)(H,23,24,26). The number of anilines is 2. The Hall–Kier alpha value is -3.55. The van der Waals surface area contributed by atoms with Crippen LogP contribution in [0.5, 0.6) is 5.75 Å². The molecule has 0 saturated carbocycles. The number of benzene rings is 2. The van der Waals surface area contributed by atoms with E-state index in [1.807, 2.05) is 24.3 Å². The first-order chi connectivity index (χ1) is 13.5. The summed E-state index contributed by atoms with van der Waals surface area (Å²) in [5.74, 6) is -1.26. The van der Waals surface area contributed by atoms with E-state index in [9.17, 15) is 13.6 Å². The molecule has 2 N–H and O–H groups in total. The van der Waals surface area contributed by atoms with Crippen molar-refractivity contribution in [1.29, 1.82) is 0 Å². The van der Waals surface area contributed by atoms with E-state index < -0.39 is 17.5 Å². The molecule has 0 aliphatic carbocycles. The van der Waals surface area contributed by atoms with Crippen molar-refractivity contribution in [2.24, 2.45) is 0 Å². The van der Waals surface area contributed by atoms with Gasteiger partial charge >= 0.3 is 0 Å². The van der Waals surface area contributed by atoms with Crippen molar-refractivity contribution >= 4 is 17.5 Å². The van der Waals surface area contributed by atoms with Crippen molar-refractivity contribution < 1.29 is 18.3 Å². The van der Waals surface area contributed by atoms with Crippen LogP contribution in [0.4, 0.5) is 20.4 Å². The number of para-hydroxylation sites is 1. The maximum atomic E-state index is 13.8. The number of ether oxygens (including phenoxy) is 1. The van der Waals surface area contributed by atoms with E-state index in [-0.39, 0.29) is 17.3 Å². The molecule has 0 unspecified atom stereocenters. The smallest absolute Gasteiger partial charge is 0.274 e. The Bertz CT molecular complexity index is 1010. The SMILES string of the molecule is COc1ccccc1CNc1nc(C)cc(C(=O)Nc2ccc(F)cc2F)n1. The molecule has 1 aromatic heterocycles. The number of hydrogen-bond acceptors (Lipinski definition) is 5. The van der Waals surface area contributed by atoms with Gasteiger partial charge in [-0.05, 0) is 31.2 Å². The number of nitrogens with one attached hydrogen (secondary N) is 2. The fourth-order valence-electron chi connectivity index (χ4n) is 2.56. The number of carbonyl (C=O) groups excluding carboxylic acids is 1. The molecular weight excluding hydrogens is 366 g/mol. The van der Waals surface area contributed by atoms with Gasteiger partial charge in [-0.2, -0.15) is 0 Å². The lowest BCUT2D eigenvalue weighted by atomic mass is 10.2. The lowest BCUT2D eigenvalue weighted by Gasteiger charge is -2.11. The van der Waals surface area contributed by atoms with E-state index in [4.69, 9.17) is 4.74 Å². The van der Waals surface area contributed by atoms with Crippen molar-refractivity contribution in [2.75, 3.05) is 17.7 Å². The van der Waals surface area contributed by atoms with Crippen LogP contribution in [0.25, 0.3) is 0 Å². The maximum absolute atomic E-state index is 13.8. The minimum absolute atomic E-state index is 0.0544. The van der Waals surface area contributed by atoms with E-state index >= 15 is 0 Å². The number of aryl methyl sites for hydroxylation is 1. The van der Waals surface area contributed by atoms with E-state index in [1.165, 1.54) is 6.07 Å². The highest BCUT2D eigenvalue weighted by Gasteiger charge is 2.14. The van der Waals surface area contributed by atoms with E-state index in [0.29, 0.717) is 24.1 Å². The van der Waals surface area contributed by atoms with Crippen LogP contribution in [-0.2, 0) is 6.54 Å². The zero-order valence-electron chi connectivity index (χ0n) is 15.3. The highest BCUT2D eigenvalue weighted by Crippen LogP contribution is 2.19. The molecule has 0 radical (unpaired) electrons. The average molecular weight is 384 g/mol. The van der Waals surface area contributed by atoms with Crippen LogP contribution in [-0.4, -0.2) is 23.0 Å². The highest BCUT2D eigenvalue weighted by molar-refractivity contribution is 6.03. The number of aromatic nitrogens is 2. The van der Waals surface area contributed by atoms with E-state index in [2.05, 4.69) is 20.6 Å². The van der Waals surface area contributed by atoms with Crippen LogP contribution in [0.15, 0.2) is 48.5 Å². The quantitative estimate of drug-likeness (QED) is 0.673. The molecular formula is C20H18F2N4O2. The number of nitrogens with zero attached hydrogens (tertiary/aromatic N) is 2. The summed E-state index contributed by atoms with van der Waals surface area (Å²) in [6.07, 6.45) is 0. The van der Waals surface area contributed by atoms with E-state index in [1.54, 1.807) is 14.0 Å². The minimum Gasteiger partial charge on any atom is -0.496 e. The van der Waals surface area contributed by atoms with Gasteiger partial charge in [-0.25, -0.2) is 18.7 Å². The third kappa shape index (κ3) is 4.59. The predicted molar refractivity (Wildman–Crippen MR) is 101 cm³/mol. The summed E-state index contributed by atoms with van der Waals surface area (Å²) in [6.45, 7) is 2.10. The van der Waals surface area contributed by atoms with Gasteiger partial charge in [-0.1, -0.05) is 18.2 Å². The van der Waals surface area contributed by atoms with Crippen molar-refractivity contribution in [3.63, 3.8) is 0 Å². The Morgan fingerprint density at radius 2 is 1.89 bits per heavy atom. The lowest BCUT2D eigenvalue weighted by molar-refractivity contribution is 0.102. The molecule has 0 fully saturated rings. The zero-order valence-corrected chi connectivity index (χ0v) is 15.3. The molecule has 0 atom stereocenters. The van der Waals surface area contributed by atoms with Crippen LogP contribution >= 0.6 is 0 Å². The second kappa shape index (κ2) is 8.43. The molecule has 0 bridgehead atoms. The molecule has 6 nitrogen and oxygen atoms in total. The van der Waals surface area contributed by atoms with Gasteiger partial charge in [-0.15, -0.1) is 0 Å². The van der Waals surface area contributed by atoms with Crippen LogP contribution in [0, 0.1) is 18.6 Å². The van der Waals surface area contributed by atoms with Gasteiger partial charge < -0.3 is 15.4 Å². The molecule has 0 spiro atoms. The van der Waals surface area contributed by atoms with Gasteiger partial charge in [0.1, 0.15) is 23.1 Å². The van der Waals surface area contributed by atoms with Crippen molar-refractivity contribution in [2.45, 2.75) is 13.5 Å². The molecule has 3 aromatic rings. The number of halogens is 2. The molecule has 0 aliphatic heterocycles. The largest absolute Gasteiger partial charge is 0.496 e. The first-order valence-electron chi connectivity index (χ1n) is 8.44. The Labute approximate surface area is 160 Å². The molecule has 2 aromatic carbocycles. The van der Waals surface area contributed by atoms with Gasteiger partial charge in [0.2, 0.25) is 5.95 Å². The van der Waals surface area contributed by atoms with Gasteiger partial charge in [0.05, 0.1) is 12.8 Å². The Morgan fingerprint density at radius 1 is 1.11 bits per heavy atom. The summed E-state index contributed by atoms with van der Waals surface area (Å²) >= 11 is 0. The molecule has 0 saturated heterocycles. The third-order valence-corrected chi connectivity index (χ3v) is 3.90. The molecule has 1 heterocycles. The van der Waals surface area contributed by atoms with Gasteiger partial charge in [0.15, 0.2) is 0 Å². The second-order valence-corrected chi connectivity index (χ2v) is 5.96. The third-order valence-electron chi connectivity index (χ3n) is 3.90. The van der Waals surface area contributed by atoms with Crippen LogP contribution in [0.3, 0.4) is 0 Å². The summed E-state index contributed by atoms with van der Waals surface area (Å²) in [6, 6.07) is 11.9. The highest BCUT2D eigenvalue weighted by atomic mass is 19.1. The van der Waals surface area contributed by atoms with Crippen molar-refractivity contribution in [3.8, 4) is 5.75 Å². The summed E-state index contributed by atoms with van der Waals surface area (Å²) < 4.78 is 32.1. The fourth-order valence-corrected chi connectivity index (χ4v) is 2.56. The summed E-state index contributed by atoms with van der Waals surface area (Å²) in [7, 11) is 1.58. The number of amides is 1. The summed E-state index contributed by atoms with van der Waals surface area (Å²) in [5.41, 5.74) is 1.38. The summed E-state index contributed by atoms with van der Waals surface area (Å²) in [5, 5.41) is 5.43. The molecule has 8 heteroatoms. The number of rotatable bonds is 6. The monoisotopic (exact) mass is 384 g/mol. The fraction of sp³-hybridized carbons (Fsp3) is 0.150. The normalized spacial score (nSPS) is 10.4. The second-order valence-electron chi connectivity index (χ2n) is 5.96. The molecule has 28 heavy (non-hydrogen) atoms. The number of carbonyl (C=O) groups is 1. The van der Waals surface area contributed by atoms with Crippen LogP contribution in [0.2, 0.25) is 0 Å². The van der Waals surface area contributed by atoms with Gasteiger partial charge in [0.25, 0.3) is 5.91 Å². The predicted octanol–water partition coefficient (Wildman–Crippen LogP) is 3.94.